The van der Waals surface area contributed by atoms with Crippen LogP contribution < -0.4 is 5.32 Å². The number of ether oxygens (including phenoxy) is 1. The van der Waals surface area contributed by atoms with Crippen LogP contribution in [0.5, 0.6) is 0 Å². The molecule has 2 amide bonds. The molecule has 0 aromatic carbocycles. The van der Waals surface area contributed by atoms with Gasteiger partial charge in [0, 0.05) is 24.4 Å². The number of nitrogens with one attached hydrogen (secondary N) is 1. The molecule has 164 valence electrons. The smallest absolute Gasteiger partial charge is 0.310 e. The fraction of sp³-hybridized carbons (Fsp3) is 0.857. The lowest BCUT2D eigenvalue weighted by atomic mass is 9.71. The van der Waals surface area contributed by atoms with E-state index in [-0.39, 0.29) is 35.7 Å². The van der Waals surface area contributed by atoms with Gasteiger partial charge in [-0.2, -0.15) is 0 Å². The molecular weight excluding hydrogens is 392 g/mol. The SMILES string of the molecule is CCCC(C)NC(=O)C1N(CCCCO)C(=O)[C@@H]2[C@@H](C(=O)OCC)[C@H]3CCC12S3. The first-order valence-corrected chi connectivity index (χ1v) is 11.8. The van der Waals surface area contributed by atoms with Crippen LogP contribution in [0.4, 0.5) is 0 Å². The van der Waals surface area contributed by atoms with E-state index in [1.807, 2.05) is 6.92 Å². The van der Waals surface area contributed by atoms with E-state index in [4.69, 9.17) is 9.84 Å². The van der Waals surface area contributed by atoms with E-state index in [0.717, 1.165) is 25.7 Å². The first-order chi connectivity index (χ1) is 13.9. The van der Waals surface area contributed by atoms with E-state index >= 15 is 0 Å². The van der Waals surface area contributed by atoms with Gasteiger partial charge in [0.05, 0.1) is 23.2 Å². The van der Waals surface area contributed by atoms with Gasteiger partial charge in [-0.1, -0.05) is 13.3 Å². The molecule has 3 rings (SSSR count). The highest BCUT2D eigenvalue weighted by Crippen LogP contribution is 2.66. The van der Waals surface area contributed by atoms with Crippen molar-refractivity contribution in [1.29, 1.82) is 0 Å². The minimum absolute atomic E-state index is 0.0433. The van der Waals surface area contributed by atoms with Gasteiger partial charge < -0.3 is 20.1 Å². The van der Waals surface area contributed by atoms with Crippen LogP contribution in [0.3, 0.4) is 0 Å². The van der Waals surface area contributed by atoms with Gasteiger partial charge in [-0.15, -0.1) is 11.8 Å². The molecule has 3 aliphatic heterocycles. The maximum Gasteiger partial charge on any atom is 0.310 e. The molecule has 3 aliphatic rings. The zero-order valence-corrected chi connectivity index (χ0v) is 18.5. The van der Waals surface area contributed by atoms with E-state index in [2.05, 4.69) is 12.2 Å². The zero-order valence-electron chi connectivity index (χ0n) is 17.7. The molecule has 0 radical (unpaired) electrons. The standard InChI is InChI=1S/C21H34N2O5S/c1-4-8-13(3)22-18(25)17-21-10-9-14(29-21)15(20(27)28-5-2)16(21)19(26)23(17)11-6-7-12-24/h13-17,24H,4-12H2,1-3H3,(H,22,25)/t13?,14-,15+,16+,17?,21?/m1/s1. The summed E-state index contributed by atoms with van der Waals surface area (Å²) in [6.45, 7) is 6.62. The molecule has 2 bridgehead atoms. The lowest BCUT2D eigenvalue weighted by Gasteiger charge is -2.34. The maximum atomic E-state index is 13.5. The van der Waals surface area contributed by atoms with Crippen molar-refractivity contribution in [2.45, 2.75) is 81.4 Å². The molecule has 29 heavy (non-hydrogen) atoms. The van der Waals surface area contributed by atoms with Crippen molar-refractivity contribution in [3.8, 4) is 0 Å². The van der Waals surface area contributed by atoms with Crippen LogP contribution in [0, 0.1) is 11.8 Å². The number of aliphatic hydroxyl groups is 1. The Morgan fingerprint density at radius 3 is 2.79 bits per heavy atom. The molecule has 3 unspecified atom stereocenters. The monoisotopic (exact) mass is 426 g/mol. The second-order valence-corrected chi connectivity index (χ2v) is 10.1. The van der Waals surface area contributed by atoms with E-state index in [0.29, 0.717) is 26.0 Å². The number of fused-ring (bicyclic) bond motifs is 1. The van der Waals surface area contributed by atoms with Crippen LogP contribution in [-0.2, 0) is 19.1 Å². The lowest BCUT2D eigenvalue weighted by Crippen LogP contribution is -2.55. The molecule has 1 spiro atoms. The predicted molar refractivity (Wildman–Crippen MR) is 111 cm³/mol. The Bertz CT molecular complexity index is 645. The zero-order chi connectivity index (χ0) is 21.2. The predicted octanol–water partition coefficient (Wildman–Crippen LogP) is 1.72. The number of hydrogen-bond donors (Lipinski definition) is 2. The average molecular weight is 427 g/mol. The number of thioether (sulfide) groups is 1. The van der Waals surface area contributed by atoms with Gasteiger partial charge >= 0.3 is 5.97 Å². The van der Waals surface area contributed by atoms with Gasteiger partial charge in [-0.3, -0.25) is 14.4 Å². The number of unbranched alkanes of at least 4 members (excludes halogenated alkanes) is 1. The summed E-state index contributed by atoms with van der Waals surface area (Å²) >= 11 is 1.66. The molecule has 6 atom stereocenters. The minimum Gasteiger partial charge on any atom is -0.466 e. The average Bonchev–Trinajstić information content (AvgIpc) is 3.30. The number of hydrogen-bond acceptors (Lipinski definition) is 6. The highest BCUT2D eigenvalue weighted by Gasteiger charge is 2.73. The molecule has 7 nitrogen and oxygen atoms in total. The van der Waals surface area contributed by atoms with Crippen LogP contribution >= 0.6 is 11.8 Å². The fourth-order valence-electron chi connectivity index (χ4n) is 5.42. The van der Waals surface area contributed by atoms with E-state index in [1.54, 1.807) is 23.6 Å². The number of aliphatic hydroxyl groups excluding tert-OH is 1. The van der Waals surface area contributed by atoms with Crippen LogP contribution in [-0.4, -0.2) is 69.6 Å². The van der Waals surface area contributed by atoms with Gasteiger partial charge in [0.15, 0.2) is 0 Å². The summed E-state index contributed by atoms with van der Waals surface area (Å²) < 4.78 is 4.75. The molecule has 0 saturated carbocycles. The number of nitrogens with zero attached hydrogens (tertiary/aromatic N) is 1. The van der Waals surface area contributed by atoms with Gasteiger partial charge in [0.25, 0.3) is 0 Å². The summed E-state index contributed by atoms with van der Waals surface area (Å²) in [4.78, 5) is 41.2. The Morgan fingerprint density at radius 1 is 1.38 bits per heavy atom. The van der Waals surface area contributed by atoms with Crippen molar-refractivity contribution in [2.75, 3.05) is 19.8 Å². The van der Waals surface area contributed by atoms with Crippen molar-refractivity contribution in [1.82, 2.24) is 10.2 Å². The summed E-state index contributed by atoms with van der Waals surface area (Å²) in [5, 5.41) is 12.3. The third-order valence-corrected chi connectivity index (χ3v) is 8.48. The van der Waals surface area contributed by atoms with Crippen LogP contribution in [0.15, 0.2) is 0 Å². The highest BCUT2D eigenvalue weighted by atomic mass is 32.2. The Hall–Kier alpha value is -1.28. The lowest BCUT2D eigenvalue weighted by molar-refractivity contribution is -0.153. The topological polar surface area (TPSA) is 95.9 Å². The Morgan fingerprint density at radius 2 is 2.14 bits per heavy atom. The third-order valence-electron chi connectivity index (χ3n) is 6.52. The molecule has 0 aliphatic carbocycles. The van der Waals surface area contributed by atoms with Crippen molar-refractivity contribution < 1.29 is 24.2 Å². The normalized spacial score (nSPS) is 33.7. The fourth-order valence-corrected chi connectivity index (χ4v) is 7.63. The minimum atomic E-state index is -0.563. The highest BCUT2D eigenvalue weighted by molar-refractivity contribution is 8.02. The second kappa shape index (κ2) is 9.25. The first kappa shape index (κ1) is 22.4. The molecule has 3 heterocycles. The van der Waals surface area contributed by atoms with Crippen molar-refractivity contribution in [3.63, 3.8) is 0 Å². The largest absolute Gasteiger partial charge is 0.466 e. The quantitative estimate of drug-likeness (QED) is 0.408. The molecule has 8 heteroatoms. The number of esters is 1. The van der Waals surface area contributed by atoms with Gasteiger partial charge in [0.2, 0.25) is 11.8 Å². The Kier molecular flexibility index (Phi) is 7.14. The summed E-state index contributed by atoms with van der Waals surface area (Å²) in [7, 11) is 0. The molecular formula is C21H34N2O5S. The van der Waals surface area contributed by atoms with Crippen molar-refractivity contribution in [2.24, 2.45) is 11.8 Å². The molecule has 0 aromatic rings. The molecule has 3 saturated heterocycles. The second-order valence-electron chi connectivity index (χ2n) is 8.47. The molecule has 0 aromatic heterocycles. The maximum absolute atomic E-state index is 13.5. The van der Waals surface area contributed by atoms with Crippen LogP contribution in [0.1, 0.15) is 59.3 Å². The van der Waals surface area contributed by atoms with Crippen LogP contribution in [0.2, 0.25) is 0 Å². The Labute approximate surface area is 177 Å². The Balaban J connectivity index is 1.90. The van der Waals surface area contributed by atoms with E-state index < -0.39 is 22.6 Å². The van der Waals surface area contributed by atoms with Gasteiger partial charge in [-0.25, -0.2) is 0 Å². The summed E-state index contributed by atoms with van der Waals surface area (Å²) in [6.07, 6.45) is 4.67. The number of likely N-dealkylation sites (tertiary alicyclic amines) is 1. The number of rotatable bonds is 10. The number of carbonyl (C=O) groups excluding carboxylic acids is 3. The summed E-state index contributed by atoms with van der Waals surface area (Å²) in [6, 6.07) is -0.519. The first-order valence-electron chi connectivity index (χ1n) is 11.0. The van der Waals surface area contributed by atoms with Gasteiger partial charge in [-0.05, 0) is 46.0 Å². The third kappa shape index (κ3) is 3.90. The number of carbonyl (C=O) groups is 3. The van der Waals surface area contributed by atoms with Crippen molar-refractivity contribution >= 4 is 29.5 Å². The molecule has 3 fully saturated rings. The number of amides is 2. The van der Waals surface area contributed by atoms with E-state index in [1.165, 1.54) is 0 Å². The van der Waals surface area contributed by atoms with Crippen LogP contribution in [0.25, 0.3) is 0 Å². The van der Waals surface area contributed by atoms with Gasteiger partial charge in [0.1, 0.15) is 6.04 Å². The summed E-state index contributed by atoms with van der Waals surface area (Å²) in [5.41, 5.74) is 0. The van der Waals surface area contributed by atoms with Crippen molar-refractivity contribution in [3.05, 3.63) is 0 Å². The summed E-state index contributed by atoms with van der Waals surface area (Å²) in [5.74, 6) is -1.47. The van der Waals surface area contributed by atoms with E-state index in [9.17, 15) is 14.4 Å². The molecule has 2 N–H and O–H groups in total.